The monoisotopic (exact) mass is 269 g/mol. The third-order valence-electron chi connectivity index (χ3n) is 2.44. The third-order valence-corrected chi connectivity index (χ3v) is 2.44. The Bertz CT molecular complexity index is 473. The summed E-state index contributed by atoms with van der Waals surface area (Å²) in [6.07, 6.45) is -1.65. The number of carboxylic acid groups (broad SMARTS) is 1. The Morgan fingerprint density at radius 1 is 1.42 bits per heavy atom. The zero-order valence-electron chi connectivity index (χ0n) is 10.3. The molecule has 0 bridgehead atoms. The van der Waals surface area contributed by atoms with Crippen molar-refractivity contribution in [3.63, 3.8) is 0 Å². The second-order valence-corrected chi connectivity index (χ2v) is 3.78. The molecule has 1 aromatic carbocycles. The number of aliphatic carboxylic acids is 1. The standard InChI is InChI=1S/C12H15NO6/c1-19-7-2-3-9(14)8(6-7)11(16)13-5-4-10(15)12(17)18/h2-3,6,10,14-15H,4-5H2,1H3,(H,13,16)(H,17,18). The lowest BCUT2D eigenvalue weighted by molar-refractivity contribution is -0.146. The van der Waals surface area contributed by atoms with Crippen LogP contribution in [0.2, 0.25) is 0 Å². The molecule has 7 heteroatoms. The number of amides is 1. The van der Waals surface area contributed by atoms with Crippen molar-refractivity contribution in [2.24, 2.45) is 0 Å². The quantitative estimate of drug-likeness (QED) is 0.576. The summed E-state index contributed by atoms with van der Waals surface area (Å²) in [5.74, 6) is -1.72. The van der Waals surface area contributed by atoms with Crippen molar-refractivity contribution in [3.8, 4) is 11.5 Å². The minimum atomic E-state index is -1.53. The maximum Gasteiger partial charge on any atom is 0.332 e. The fourth-order valence-corrected chi connectivity index (χ4v) is 1.37. The third kappa shape index (κ3) is 4.14. The van der Waals surface area contributed by atoms with Crippen molar-refractivity contribution in [1.82, 2.24) is 5.32 Å². The molecule has 1 unspecified atom stereocenters. The minimum Gasteiger partial charge on any atom is -0.507 e. The van der Waals surface area contributed by atoms with E-state index in [2.05, 4.69) is 5.32 Å². The average molecular weight is 269 g/mol. The number of aliphatic hydroxyl groups excluding tert-OH is 1. The Labute approximate surface area is 109 Å². The molecule has 7 nitrogen and oxygen atoms in total. The Balaban J connectivity index is 2.61. The number of carbonyl (C=O) groups is 2. The first-order valence-corrected chi connectivity index (χ1v) is 5.51. The lowest BCUT2D eigenvalue weighted by Gasteiger charge is -2.09. The van der Waals surface area contributed by atoms with Crippen LogP contribution in [0.3, 0.4) is 0 Å². The molecule has 1 aromatic rings. The Morgan fingerprint density at radius 2 is 2.11 bits per heavy atom. The second-order valence-electron chi connectivity index (χ2n) is 3.78. The fourth-order valence-electron chi connectivity index (χ4n) is 1.37. The summed E-state index contributed by atoms with van der Waals surface area (Å²) in [5, 5.41) is 29.4. The van der Waals surface area contributed by atoms with Gasteiger partial charge in [-0.2, -0.15) is 0 Å². The van der Waals surface area contributed by atoms with E-state index in [1.807, 2.05) is 0 Å². The molecule has 0 aliphatic carbocycles. The second kappa shape index (κ2) is 6.60. The van der Waals surface area contributed by atoms with Gasteiger partial charge in [0.1, 0.15) is 11.5 Å². The maximum atomic E-state index is 11.7. The summed E-state index contributed by atoms with van der Waals surface area (Å²) >= 11 is 0. The lowest BCUT2D eigenvalue weighted by Crippen LogP contribution is -2.30. The summed E-state index contributed by atoms with van der Waals surface area (Å²) in [7, 11) is 1.43. The van der Waals surface area contributed by atoms with Gasteiger partial charge in [-0.3, -0.25) is 4.79 Å². The van der Waals surface area contributed by atoms with E-state index < -0.39 is 18.0 Å². The first kappa shape index (κ1) is 14.8. The highest BCUT2D eigenvalue weighted by molar-refractivity contribution is 5.97. The van der Waals surface area contributed by atoms with E-state index in [9.17, 15) is 14.7 Å². The smallest absolute Gasteiger partial charge is 0.332 e. The van der Waals surface area contributed by atoms with Gasteiger partial charge in [-0.05, 0) is 18.2 Å². The molecule has 0 saturated heterocycles. The van der Waals surface area contributed by atoms with Crippen LogP contribution in [-0.4, -0.2) is 47.0 Å². The number of carbonyl (C=O) groups excluding carboxylic acids is 1. The highest BCUT2D eigenvalue weighted by Gasteiger charge is 2.15. The number of rotatable bonds is 6. The number of ether oxygens (including phenoxy) is 1. The van der Waals surface area contributed by atoms with E-state index in [0.29, 0.717) is 5.75 Å². The van der Waals surface area contributed by atoms with E-state index in [-0.39, 0.29) is 24.3 Å². The van der Waals surface area contributed by atoms with Crippen LogP contribution < -0.4 is 10.1 Å². The molecule has 1 amide bonds. The molecular weight excluding hydrogens is 254 g/mol. The maximum absolute atomic E-state index is 11.7. The normalized spacial score (nSPS) is 11.7. The number of methoxy groups -OCH3 is 1. The molecule has 19 heavy (non-hydrogen) atoms. The number of carboxylic acids is 1. The number of aromatic hydroxyl groups is 1. The topological polar surface area (TPSA) is 116 Å². The van der Waals surface area contributed by atoms with Gasteiger partial charge in [-0.25, -0.2) is 4.79 Å². The van der Waals surface area contributed by atoms with Crippen molar-refractivity contribution < 1.29 is 29.6 Å². The lowest BCUT2D eigenvalue weighted by atomic mass is 10.1. The molecule has 1 atom stereocenters. The number of hydrogen-bond donors (Lipinski definition) is 4. The van der Waals surface area contributed by atoms with Gasteiger partial charge in [0.25, 0.3) is 5.91 Å². The predicted octanol–water partition coefficient (Wildman–Crippen LogP) is -0.0338. The van der Waals surface area contributed by atoms with Crippen LogP contribution in [0.1, 0.15) is 16.8 Å². The molecule has 0 spiro atoms. The van der Waals surface area contributed by atoms with Crippen LogP contribution >= 0.6 is 0 Å². The predicted molar refractivity (Wildman–Crippen MR) is 65.3 cm³/mol. The number of phenolic OH excluding ortho intramolecular Hbond substituents is 1. The highest BCUT2D eigenvalue weighted by Crippen LogP contribution is 2.22. The molecule has 0 aliphatic rings. The summed E-state index contributed by atoms with van der Waals surface area (Å²) in [6, 6.07) is 4.18. The van der Waals surface area contributed by atoms with E-state index >= 15 is 0 Å². The molecule has 0 radical (unpaired) electrons. The van der Waals surface area contributed by atoms with Crippen molar-refractivity contribution in [1.29, 1.82) is 0 Å². The number of aliphatic hydroxyl groups is 1. The van der Waals surface area contributed by atoms with Crippen molar-refractivity contribution >= 4 is 11.9 Å². The van der Waals surface area contributed by atoms with Crippen molar-refractivity contribution in [3.05, 3.63) is 23.8 Å². The van der Waals surface area contributed by atoms with E-state index in [1.165, 1.54) is 25.3 Å². The summed E-state index contributed by atoms with van der Waals surface area (Å²) in [4.78, 5) is 22.1. The van der Waals surface area contributed by atoms with Gasteiger partial charge in [-0.1, -0.05) is 0 Å². The van der Waals surface area contributed by atoms with Crippen LogP contribution in [0, 0.1) is 0 Å². The van der Waals surface area contributed by atoms with Gasteiger partial charge in [-0.15, -0.1) is 0 Å². The zero-order chi connectivity index (χ0) is 14.4. The highest BCUT2D eigenvalue weighted by atomic mass is 16.5. The minimum absolute atomic E-state index is 0.0177. The molecule has 0 saturated carbocycles. The summed E-state index contributed by atoms with van der Waals surface area (Å²) in [5.41, 5.74) is 0.0177. The molecule has 0 fully saturated rings. The summed E-state index contributed by atoms with van der Waals surface area (Å²) < 4.78 is 4.93. The molecular formula is C12H15NO6. The van der Waals surface area contributed by atoms with Crippen LogP contribution in [-0.2, 0) is 4.79 Å². The van der Waals surface area contributed by atoms with Gasteiger partial charge < -0.3 is 25.4 Å². The van der Waals surface area contributed by atoms with E-state index in [4.69, 9.17) is 14.9 Å². The van der Waals surface area contributed by atoms with Gasteiger partial charge in [0.05, 0.1) is 12.7 Å². The van der Waals surface area contributed by atoms with Crippen LogP contribution in [0.4, 0.5) is 0 Å². The molecule has 0 aliphatic heterocycles. The first-order valence-electron chi connectivity index (χ1n) is 5.51. The number of nitrogens with one attached hydrogen (secondary N) is 1. The Kier molecular flexibility index (Phi) is 5.13. The van der Waals surface area contributed by atoms with Gasteiger partial charge in [0, 0.05) is 13.0 Å². The summed E-state index contributed by atoms with van der Waals surface area (Å²) in [6.45, 7) is -0.0249. The largest absolute Gasteiger partial charge is 0.507 e. The number of phenols is 1. The van der Waals surface area contributed by atoms with E-state index in [1.54, 1.807) is 0 Å². The number of hydrogen-bond acceptors (Lipinski definition) is 5. The average Bonchev–Trinajstić information content (AvgIpc) is 2.38. The fraction of sp³-hybridized carbons (Fsp3) is 0.333. The van der Waals surface area contributed by atoms with Crippen LogP contribution in [0.15, 0.2) is 18.2 Å². The Hall–Kier alpha value is -2.28. The molecule has 1 rings (SSSR count). The van der Waals surface area contributed by atoms with Gasteiger partial charge in [0.15, 0.2) is 6.10 Å². The zero-order valence-corrected chi connectivity index (χ0v) is 10.3. The molecule has 104 valence electrons. The van der Waals surface area contributed by atoms with E-state index in [0.717, 1.165) is 0 Å². The number of benzene rings is 1. The van der Waals surface area contributed by atoms with Crippen molar-refractivity contribution in [2.75, 3.05) is 13.7 Å². The van der Waals surface area contributed by atoms with Crippen LogP contribution in [0.5, 0.6) is 11.5 Å². The molecule has 4 N–H and O–H groups in total. The first-order chi connectivity index (χ1) is 8.95. The molecule has 0 aromatic heterocycles. The van der Waals surface area contributed by atoms with Gasteiger partial charge >= 0.3 is 5.97 Å². The SMILES string of the molecule is COc1ccc(O)c(C(=O)NCCC(O)C(=O)O)c1. The van der Waals surface area contributed by atoms with Crippen LogP contribution in [0.25, 0.3) is 0 Å². The Morgan fingerprint density at radius 3 is 2.68 bits per heavy atom. The van der Waals surface area contributed by atoms with Crippen molar-refractivity contribution in [2.45, 2.75) is 12.5 Å². The molecule has 0 heterocycles. The van der Waals surface area contributed by atoms with Gasteiger partial charge in [0.2, 0.25) is 0 Å².